The number of amides is 1. The van der Waals surface area contributed by atoms with Crippen molar-refractivity contribution in [1.82, 2.24) is 4.90 Å². The minimum atomic E-state index is -0.906. The number of hydrogen-bond donors (Lipinski definition) is 2. The van der Waals surface area contributed by atoms with Crippen LogP contribution in [0, 0.1) is 0 Å². The number of phenolic OH excluding ortho intramolecular Hbond substituents is 1. The Morgan fingerprint density at radius 2 is 1.63 bits per heavy atom. The summed E-state index contributed by atoms with van der Waals surface area (Å²) in [7, 11) is 0. The number of carbonyl (C=O) groups excluding carboxylic acids is 1. The molecule has 0 radical (unpaired) electrons. The smallest absolute Gasteiger partial charge is 0.232 e. The van der Waals surface area contributed by atoms with E-state index in [1.807, 2.05) is 60.7 Å². The number of hydrogen-bond acceptors (Lipinski definition) is 4. The Labute approximate surface area is 212 Å². The molecule has 0 aromatic heterocycles. The van der Waals surface area contributed by atoms with Crippen LogP contribution in [0.5, 0.6) is 11.5 Å². The maximum atomic E-state index is 13.1. The highest BCUT2D eigenvalue weighted by Crippen LogP contribution is 2.40. The molecule has 1 fully saturated rings. The van der Waals surface area contributed by atoms with E-state index in [0.29, 0.717) is 17.2 Å². The number of benzene rings is 3. The van der Waals surface area contributed by atoms with Gasteiger partial charge in [-0.2, -0.15) is 0 Å². The van der Waals surface area contributed by atoms with Gasteiger partial charge in [0.1, 0.15) is 17.6 Å². The fourth-order valence-electron chi connectivity index (χ4n) is 5.09. The largest absolute Gasteiger partial charge is 0.506 e. The van der Waals surface area contributed by atoms with Gasteiger partial charge in [0.25, 0.3) is 0 Å². The van der Waals surface area contributed by atoms with Gasteiger partial charge in [-0.15, -0.1) is 0 Å². The van der Waals surface area contributed by atoms with Gasteiger partial charge in [-0.25, -0.2) is 0 Å². The number of aromatic hydroxyl groups is 1. The van der Waals surface area contributed by atoms with Crippen molar-refractivity contribution in [1.29, 1.82) is 0 Å². The van der Waals surface area contributed by atoms with Gasteiger partial charge < -0.3 is 15.6 Å². The third-order valence-electron chi connectivity index (χ3n) is 7.29. The zero-order valence-corrected chi connectivity index (χ0v) is 21.0. The van der Waals surface area contributed by atoms with E-state index in [4.69, 9.17) is 22.1 Å². The van der Waals surface area contributed by atoms with E-state index in [9.17, 15) is 9.90 Å². The zero-order valence-electron chi connectivity index (χ0n) is 20.3. The van der Waals surface area contributed by atoms with Crippen molar-refractivity contribution in [3.63, 3.8) is 0 Å². The highest BCUT2D eigenvalue weighted by molar-refractivity contribution is 6.32. The van der Waals surface area contributed by atoms with E-state index in [2.05, 4.69) is 18.7 Å². The molecule has 1 amide bonds. The fourth-order valence-corrected chi connectivity index (χ4v) is 5.21. The molecule has 1 saturated heterocycles. The Kier molecular flexibility index (Phi) is 7.39. The summed E-state index contributed by atoms with van der Waals surface area (Å²) < 4.78 is 6.12. The second-order valence-corrected chi connectivity index (χ2v) is 10.3. The van der Waals surface area contributed by atoms with Crippen molar-refractivity contribution in [2.24, 2.45) is 5.73 Å². The Bertz CT molecular complexity index is 1110. The molecule has 5 nitrogen and oxygen atoms in total. The van der Waals surface area contributed by atoms with Gasteiger partial charge in [0.05, 0.1) is 10.4 Å². The lowest BCUT2D eigenvalue weighted by Crippen LogP contribution is -2.47. The fraction of sp³-hybridized carbons (Fsp3) is 0.345. The summed E-state index contributed by atoms with van der Waals surface area (Å²) in [6.45, 7) is 6.07. The molecule has 3 aromatic carbocycles. The van der Waals surface area contributed by atoms with Gasteiger partial charge in [-0.3, -0.25) is 9.69 Å². The molecule has 6 heteroatoms. The van der Waals surface area contributed by atoms with Crippen molar-refractivity contribution in [3.05, 3.63) is 95.0 Å². The monoisotopic (exact) mass is 492 g/mol. The summed E-state index contributed by atoms with van der Waals surface area (Å²) in [4.78, 5) is 15.5. The SMILES string of the molecule is CC(C)(CCC(C(N)=O)(c1ccccc1)c1ccccc1)N1CC[C@@H](Oc2ccc(Cl)c(O)c2)C1. The normalized spacial score (nSPS) is 16.8. The molecule has 3 N–H and O–H groups in total. The lowest BCUT2D eigenvalue weighted by molar-refractivity contribution is -0.122. The maximum absolute atomic E-state index is 13.1. The number of halogens is 1. The molecule has 0 saturated carbocycles. The van der Waals surface area contributed by atoms with E-state index in [1.165, 1.54) is 0 Å². The second kappa shape index (κ2) is 10.3. The van der Waals surface area contributed by atoms with Gasteiger partial charge >= 0.3 is 0 Å². The van der Waals surface area contributed by atoms with Crippen LogP contribution in [0.25, 0.3) is 0 Å². The van der Waals surface area contributed by atoms with Crippen molar-refractivity contribution in [2.45, 2.75) is 50.2 Å². The predicted octanol–water partition coefficient (Wildman–Crippen LogP) is 5.53. The number of rotatable bonds is 9. The standard InChI is InChI=1S/C29H33ClN2O3/c1-28(2,32-18-15-24(20-32)35-23-13-14-25(30)26(33)19-23)16-17-29(27(31)34,21-9-5-3-6-10-21)22-11-7-4-8-12-22/h3-14,19,24,33H,15-18,20H2,1-2H3,(H2,31,34)/t24-/m1/s1. The lowest BCUT2D eigenvalue weighted by atomic mass is 9.69. The van der Waals surface area contributed by atoms with Crippen LogP contribution >= 0.6 is 11.6 Å². The first kappa shape index (κ1) is 25.1. The first-order chi connectivity index (χ1) is 16.7. The number of phenols is 1. The Balaban J connectivity index is 1.51. The van der Waals surface area contributed by atoms with Crippen LogP contribution in [0.4, 0.5) is 0 Å². The Morgan fingerprint density at radius 3 is 2.17 bits per heavy atom. The molecule has 1 aliphatic rings. The van der Waals surface area contributed by atoms with Gasteiger partial charge in [0.15, 0.2) is 0 Å². The molecule has 4 rings (SSSR count). The highest BCUT2D eigenvalue weighted by atomic mass is 35.5. The minimum absolute atomic E-state index is 0.0130. The topological polar surface area (TPSA) is 75.8 Å². The summed E-state index contributed by atoms with van der Waals surface area (Å²) >= 11 is 5.92. The van der Waals surface area contributed by atoms with Gasteiger partial charge in [-0.05, 0) is 56.4 Å². The summed E-state index contributed by atoms with van der Waals surface area (Å²) in [5, 5.41) is 10.2. The molecule has 1 heterocycles. The van der Waals surface area contributed by atoms with Crippen LogP contribution in [-0.4, -0.2) is 40.6 Å². The molecule has 184 valence electrons. The molecule has 0 unspecified atom stereocenters. The maximum Gasteiger partial charge on any atom is 0.232 e. The average Bonchev–Trinajstić information content (AvgIpc) is 3.33. The molecule has 0 aliphatic carbocycles. The lowest BCUT2D eigenvalue weighted by Gasteiger charge is -2.40. The molecule has 1 atom stereocenters. The van der Waals surface area contributed by atoms with E-state index in [0.717, 1.165) is 37.1 Å². The summed E-state index contributed by atoms with van der Waals surface area (Å²) in [5.41, 5.74) is 6.90. The van der Waals surface area contributed by atoms with Crippen molar-refractivity contribution >= 4 is 17.5 Å². The number of nitrogens with zero attached hydrogens (tertiary/aromatic N) is 1. The van der Waals surface area contributed by atoms with E-state index < -0.39 is 5.41 Å². The first-order valence-electron chi connectivity index (χ1n) is 12.0. The van der Waals surface area contributed by atoms with E-state index >= 15 is 0 Å². The van der Waals surface area contributed by atoms with E-state index in [1.54, 1.807) is 18.2 Å². The number of primary amides is 1. The van der Waals surface area contributed by atoms with E-state index in [-0.39, 0.29) is 23.3 Å². The van der Waals surface area contributed by atoms with Gasteiger partial charge in [-0.1, -0.05) is 72.3 Å². The molecule has 3 aromatic rings. The number of carbonyl (C=O) groups is 1. The van der Waals surface area contributed by atoms with Crippen LogP contribution < -0.4 is 10.5 Å². The third-order valence-corrected chi connectivity index (χ3v) is 7.61. The highest BCUT2D eigenvalue weighted by Gasteiger charge is 2.43. The summed E-state index contributed by atoms with van der Waals surface area (Å²) in [6.07, 6.45) is 2.26. The predicted molar refractivity (Wildman–Crippen MR) is 140 cm³/mol. The Morgan fingerprint density at radius 1 is 1.03 bits per heavy atom. The van der Waals surface area contributed by atoms with Gasteiger partial charge in [0, 0.05) is 24.7 Å². The summed E-state index contributed by atoms with van der Waals surface area (Å²) in [6, 6.07) is 24.7. The van der Waals surface area contributed by atoms with Crippen LogP contribution in [0.1, 0.15) is 44.2 Å². The van der Waals surface area contributed by atoms with Crippen LogP contribution in [0.3, 0.4) is 0 Å². The van der Waals surface area contributed by atoms with Crippen molar-refractivity contribution in [3.8, 4) is 11.5 Å². The van der Waals surface area contributed by atoms with Crippen LogP contribution in [-0.2, 0) is 10.2 Å². The molecule has 0 spiro atoms. The third kappa shape index (κ3) is 5.31. The van der Waals surface area contributed by atoms with Crippen LogP contribution in [0.2, 0.25) is 5.02 Å². The first-order valence-corrected chi connectivity index (χ1v) is 12.4. The molecular formula is C29H33ClN2O3. The number of likely N-dealkylation sites (tertiary alicyclic amines) is 1. The Hall–Kier alpha value is -3.02. The molecule has 35 heavy (non-hydrogen) atoms. The minimum Gasteiger partial charge on any atom is -0.506 e. The number of nitrogens with two attached hydrogens (primary N) is 1. The zero-order chi connectivity index (χ0) is 25.1. The molecular weight excluding hydrogens is 460 g/mol. The molecule has 0 bridgehead atoms. The average molecular weight is 493 g/mol. The van der Waals surface area contributed by atoms with Crippen molar-refractivity contribution in [2.75, 3.05) is 13.1 Å². The van der Waals surface area contributed by atoms with Gasteiger partial charge in [0.2, 0.25) is 5.91 Å². The molecule has 1 aliphatic heterocycles. The number of ether oxygens (including phenoxy) is 1. The van der Waals surface area contributed by atoms with Crippen molar-refractivity contribution < 1.29 is 14.6 Å². The quantitative estimate of drug-likeness (QED) is 0.412. The second-order valence-electron chi connectivity index (χ2n) is 9.90. The van der Waals surface area contributed by atoms with Crippen LogP contribution in [0.15, 0.2) is 78.9 Å². The summed E-state index contributed by atoms with van der Waals surface area (Å²) in [5.74, 6) is 0.289.